The molecule has 3 nitrogen and oxygen atoms in total. The number of nitrogens with one attached hydrogen (secondary N) is 1. The van der Waals surface area contributed by atoms with E-state index >= 15 is 0 Å². The topological polar surface area (TPSA) is 30.5 Å². The lowest BCUT2D eigenvalue weighted by molar-refractivity contribution is 0.324. The summed E-state index contributed by atoms with van der Waals surface area (Å²) in [6, 6.07) is 9.76. The maximum Gasteiger partial charge on any atom is 0.175 e. The standard InChI is InChI=1S/C18H19BrClNO2/c1-4-7-23-18-15(19)8-13(9-17(18)22-3)11-21-16-10-14(20)6-5-12(16)2/h4-6,8-10,21H,1,7,11H2,2-3H3. The third kappa shape index (κ3) is 4.66. The summed E-state index contributed by atoms with van der Waals surface area (Å²) in [7, 11) is 1.63. The Morgan fingerprint density at radius 3 is 2.78 bits per heavy atom. The van der Waals surface area contributed by atoms with Crippen molar-refractivity contribution in [2.45, 2.75) is 13.5 Å². The van der Waals surface area contributed by atoms with Crippen LogP contribution in [-0.2, 0) is 6.54 Å². The molecule has 0 spiro atoms. The van der Waals surface area contributed by atoms with Crippen molar-refractivity contribution in [1.29, 1.82) is 0 Å². The van der Waals surface area contributed by atoms with Crippen LogP contribution in [0.5, 0.6) is 11.5 Å². The minimum atomic E-state index is 0.425. The van der Waals surface area contributed by atoms with Crippen LogP contribution >= 0.6 is 27.5 Å². The minimum Gasteiger partial charge on any atom is -0.493 e. The van der Waals surface area contributed by atoms with Gasteiger partial charge in [0.1, 0.15) is 6.61 Å². The fourth-order valence-electron chi connectivity index (χ4n) is 2.14. The zero-order valence-corrected chi connectivity index (χ0v) is 15.5. The molecule has 0 unspecified atom stereocenters. The van der Waals surface area contributed by atoms with Crippen LogP contribution in [0.2, 0.25) is 5.02 Å². The van der Waals surface area contributed by atoms with Gasteiger partial charge in [0.05, 0.1) is 11.6 Å². The maximum atomic E-state index is 6.05. The van der Waals surface area contributed by atoms with Crippen LogP contribution in [-0.4, -0.2) is 13.7 Å². The van der Waals surface area contributed by atoms with E-state index in [0.29, 0.717) is 29.7 Å². The molecule has 0 aromatic heterocycles. The molecule has 0 aliphatic heterocycles. The fourth-order valence-corrected chi connectivity index (χ4v) is 2.92. The van der Waals surface area contributed by atoms with Crippen LogP contribution in [0.25, 0.3) is 0 Å². The highest BCUT2D eigenvalue weighted by Gasteiger charge is 2.11. The molecule has 0 atom stereocenters. The highest BCUT2D eigenvalue weighted by molar-refractivity contribution is 9.10. The highest BCUT2D eigenvalue weighted by atomic mass is 79.9. The zero-order chi connectivity index (χ0) is 16.8. The quantitative estimate of drug-likeness (QED) is 0.618. The maximum absolute atomic E-state index is 6.05. The second kappa shape index (κ2) is 8.27. The van der Waals surface area contributed by atoms with Gasteiger partial charge in [0.15, 0.2) is 11.5 Å². The Kier molecular flexibility index (Phi) is 6.37. The number of ether oxygens (including phenoxy) is 2. The van der Waals surface area contributed by atoms with Crippen molar-refractivity contribution < 1.29 is 9.47 Å². The molecule has 0 heterocycles. The molecule has 0 aliphatic carbocycles. The van der Waals surface area contributed by atoms with E-state index in [9.17, 15) is 0 Å². The van der Waals surface area contributed by atoms with Crippen LogP contribution in [0.3, 0.4) is 0 Å². The second-order valence-electron chi connectivity index (χ2n) is 5.02. The predicted octanol–water partition coefficient (Wildman–Crippen LogP) is 5.60. The molecule has 0 fully saturated rings. The first-order chi connectivity index (χ1) is 11.0. The summed E-state index contributed by atoms with van der Waals surface area (Å²) in [4.78, 5) is 0. The Hall–Kier alpha value is -1.65. The van der Waals surface area contributed by atoms with Crippen molar-refractivity contribution in [1.82, 2.24) is 0 Å². The number of benzene rings is 2. The first-order valence-electron chi connectivity index (χ1n) is 7.15. The van der Waals surface area contributed by atoms with E-state index in [-0.39, 0.29) is 0 Å². The van der Waals surface area contributed by atoms with Crippen molar-refractivity contribution in [3.8, 4) is 11.5 Å². The zero-order valence-electron chi connectivity index (χ0n) is 13.2. The van der Waals surface area contributed by atoms with Crippen molar-refractivity contribution in [3.63, 3.8) is 0 Å². The SMILES string of the molecule is C=CCOc1c(Br)cc(CNc2cc(Cl)ccc2C)cc1OC. The molecule has 1 N–H and O–H groups in total. The molecule has 0 radical (unpaired) electrons. The number of hydrogen-bond donors (Lipinski definition) is 1. The van der Waals surface area contributed by atoms with E-state index in [1.807, 2.05) is 37.3 Å². The average Bonchev–Trinajstić information content (AvgIpc) is 2.54. The van der Waals surface area contributed by atoms with E-state index < -0.39 is 0 Å². The van der Waals surface area contributed by atoms with Crippen LogP contribution in [0, 0.1) is 6.92 Å². The van der Waals surface area contributed by atoms with Gasteiger partial charge in [-0.2, -0.15) is 0 Å². The van der Waals surface area contributed by atoms with Gasteiger partial charge in [0, 0.05) is 17.3 Å². The lowest BCUT2D eigenvalue weighted by Gasteiger charge is -2.15. The number of rotatable bonds is 7. The number of halogens is 2. The molecule has 5 heteroatoms. The molecule has 0 aliphatic rings. The van der Waals surface area contributed by atoms with Gasteiger partial charge in [-0.25, -0.2) is 0 Å². The summed E-state index contributed by atoms with van der Waals surface area (Å²) >= 11 is 9.58. The van der Waals surface area contributed by atoms with Crippen molar-refractivity contribution in [2.24, 2.45) is 0 Å². The molecular weight excluding hydrogens is 378 g/mol. The van der Waals surface area contributed by atoms with Gasteiger partial charge in [-0.15, -0.1) is 0 Å². The Morgan fingerprint density at radius 1 is 1.30 bits per heavy atom. The van der Waals surface area contributed by atoms with Crippen LogP contribution < -0.4 is 14.8 Å². The first kappa shape index (κ1) is 17.7. The van der Waals surface area contributed by atoms with Crippen LogP contribution in [0.15, 0.2) is 47.5 Å². The van der Waals surface area contributed by atoms with Crippen LogP contribution in [0.1, 0.15) is 11.1 Å². The Morgan fingerprint density at radius 2 is 2.09 bits per heavy atom. The lowest BCUT2D eigenvalue weighted by Crippen LogP contribution is -2.03. The summed E-state index contributed by atoms with van der Waals surface area (Å²) in [5.74, 6) is 1.36. The Bertz CT molecular complexity index is 704. The fraction of sp³-hybridized carbons (Fsp3) is 0.222. The monoisotopic (exact) mass is 395 g/mol. The van der Waals surface area contributed by atoms with Gasteiger partial charge in [-0.1, -0.05) is 30.3 Å². The molecule has 122 valence electrons. The largest absolute Gasteiger partial charge is 0.493 e. The molecule has 2 aromatic rings. The summed E-state index contributed by atoms with van der Waals surface area (Å²) < 4.78 is 11.9. The minimum absolute atomic E-state index is 0.425. The van der Waals surface area contributed by atoms with E-state index in [2.05, 4.69) is 27.8 Å². The normalized spacial score (nSPS) is 10.3. The Balaban J connectivity index is 2.18. The van der Waals surface area contributed by atoms with E-state index in [1.54, 1.807) is 13.2 Å². The lowest BCUT2D eigenvalue weighted by atomic mass is 10.1. The summed E-state index contributed by atoms with van der Waals surface area (Å²) in [5.41, 5.74) is 3.23. The summed E-state index contributed by atoms with van der Waals surface area (Å²) in [5, 5.41) is 4.11. The number of aryl methyl sites for hydroxylation is 1. The highest BCUT2D eigenvalue weighted by Crippen LogP contribution is 2.37. The van der Waals surface area contributed by atoms with E-state index in [4.69, 9.17) is 21.1 Å². The van der Waals surface area contributed by atoms with Crippen molar-refractivity contribution in [3.05, 3.63) is 63.6 Å². The summed E-state index contributed by atoms with van der Waals surface area (Å²) in [6.07, 6.45) is 1.70. The van der Waals surface area contributed by atoms with Gasteiger partial charge in [-0.05, 0) is 58.2 Å². The van der Waals surface area contributed by atoms with Crippen LogP contribution in [0.4, 0.5) is 5.69 Å². The second-order valence-corrected chi connectivity index (χ2v) is 6.31. The number of anilines is 1. The number of methoxy groups -OCH3 is 1. The average molecular weight is 397 g/mol. The summed E-state index contributed by atoms with van der Waals surface area (Å²) in [6.45, 7) is 6.77. The molecule has 0 bridgehead atoms. The molecule has 0 saturated heterocycles. The molecule has 2 aromatic carbocycles. The van der Waals surface area contributed by atoms with E-state index in [0.717, 1.165) is 21.3 Å². The van der Waals surface area contributed by atoms with Gasteiger partial charge in [0.25, 0.3) is 0 Å². The predicted molar refractivity (Wildman–Crippen MR) is 99.9 cm³/mol. The first-order valence-corrected chi connectivity index (χ1v) is 8.32. The number of hydrogen-bond acceptors (Lipinski definition) is 3. The third-order valence-electron chi connectivity index (χ3n) is 3.32. The molecular formula is C18H19BrClNO2. The molecule has 0 amide bonds. The van der Waals surface area contributed by atoms with Crippen molar-refractivity contribution >= 4 is 33.2 Å². The van der Waals surface area contributed by atoms with Crippen molar-refractivity contribution in [2.75, 3.05) is 19.0 Å². The van der Waals surface area contributed by atoms with E-state index in [1.165, 1.54) is 0 Å². The van der Waals surface area contributed by atoms with Gasteiger partial charge >= 0.3 is 0 Å². The molecule has 23 heavy (non-hydrogen) atoms. The Labute approximate surface area is 150 Å². The van der Waals surface area contributed by atoms with Gasteiger partial charge < -0.3 is 14.8 Å². The molecule has 2 rings (SSSR count). The third-order valence-corrected chi connectivity index (χ3v) is 4.14. The smallest absolute Gasteiger partial charge is 0.175 e. The molecule has 0 saturated carbocycles. The van der Waals surface area contributed by atoms with Gasteiger partial charge in [-0.3, -0.25) is 0 Å². The van der Waals surface area contributed by atoms with Gasteiger partial charge in [0.2, 0.25) is 0 Å².